The van der Waals surface area contributed by atoms with Crippen molar-refractivity contribution in [1.29, 1.82) is 0 Å². The Morgan fingerprint density at radius 2 is 1.28 bits per heavy atom. The molecule has 0 aromatic heterocycles. The van der Waals surface area contributed by atoms with Crippen LogP contribution in [0.3, 0.4) is 0 Å². The number of hydrogen-bond acceptors (Lipinski definition) is 27. The van der Waals surface area contributed by atoms with E-state index in [1.54, 1.807) is 40.9 Å². The Kier molecular flexibility index (Phi) is 22.9. The number of methoxy groups -OCH3 is 4. The van der Waals surface area contributed by atoms with Crippen molar-refractivity contribution in [3.05, 3.63) is 23.5 Å². The van der Waals surface area contributed by atoms with E-state index < -0.39 is 177 Å². The summed E-state index contributed by atoms with van der Waals surface area (Å²) in [7, 11) is 6.03. The maximum atomic E-state index is 13.1. The number of esters is 1. The number of ketones is 1. The fourth-order valence-electron chi connectivity index (χ4n) is 19.0. The Balaban J connectivity index is 0.595. The third-order valence-corrected chi connectivity index (χ3v) is 24.3. The van der Waals surface area contributed by atoms with Gasteiger partial charge in [-0.15, -0.1) is 0 Å². The molecule has 7 saturated heterocycles. The van der Waals surface area contributed by atoms with Crippen LogP contribution in [0.15, 0.2) is 23.5 Å². The molecule has 12 aliphatic rings. The molecule has 4 aliphatic carbocycles. The van der Waals surface area contributed by atoms with E-state index in [4.69, 9.17) is 99.8 Å². The second-order valence-electron chi connectivity index (χ2n) is 30.2. The fourth-order valence-corrected chi connectivity index (χ4v) is 19.0. The lowest BCUT2D eigenvalue weighted by atomic mass is 9.46. The average Bonchev–Trinajstić information content (AvgIpc) is 1.63. The Morgan fingerprint density at radius 3 is 1.92 bits per heavy atom. The van der Waals surface area contributed by atoms with Gasteiger partial charge in [0.2, 0.25) is 12.1 Å². The molecule has 1 unspecified atom stereocenters. The first-order valence-corrected chi connectivity index (χ1v) is 35.6. The molecule has 0 radical (unpaired) electrons. The predicted molar refractivity (Wildman–Crippen MR) is 336 cm³/mol. The second-order valence-corrected chi connectivity index (χ2v) is 30.2. The fraction of sp³-hybridized carbons (Fsp3) is 0.914. The van der Waals surface area contributed by atoms with Crippen LogP contribution in [0.25, 0.3) is 0 Å². The normalized spacial score (nSPS) is 51.4. The van der Waals surface area contributed by atoms with E-state index in [0.29, 0.717) is 30.6 Å². The third kappa shape index (κ3) is 14.6. The minimum atomic E-state index is -1.38. The highest BCUT2D eigenvalue weighted by Crippen LogP contribution is 2.68. The molecule has 12 rings (SSSR count). The molecule has 0 amide bonds. The van der Waals surface area contributed by atoms with Crippen LogP contribution < -0.4 is 0 Å². The van der Waals surface area contributed by atoms with Crippen LogP contribution >= 0.6 is 0 Å². The lowest BCUT2D eigenvalue weighted by Crippen LogP contribution is -2.62. The van der Waals surface area contributed by atoms with Gasteiger partial charge in [-0.3, -0.25) is 9.59 Å². The van der Waals surface area contributed by atoms with Crippen LogP contribution in [0.4, 0.5) is 0 Å². The predicted octanol–water partition coefficient (Wildman–Crippen LogP) is 5.42. The number of hydrogen-bond donors (Lipinski definition) is 4. The van der Waals surface area contributed by atoms with E-state index in [9.17, 15) is 30.0 Å². The van der Waals surface area contributed by atoms with Crippen molar-refractivity contribution < 1.29 is 130 Å². The van der Waals surface area contributed by atoms with Crippen LogP contribution in [0.5, 0.6) is 0 Å². The highest BCUT2D eigenvalue weighted by Gasteiger charge is 2.66. The first-order chi connectivity index (χ1) is 46.1. The van der Waals surface area contributed by atoms with Crippen molar-refractivity contribution in [3.63, 3.8) is 0 Å². The Bertz CT molecular complexity index is 2740. The molecular formula is C70H110O27. The largest absolute Gasteiger partial charge is 0.493 e. The molecule has 0 aromatic carbocycles. The molecule has 27 nitrogen and oxygen atoms in total. The highest BCUT2D eigenvalue weighted by molar-refractivity contribution is 5.96. The summed E-state index contributed by atoms with van der Waals surface area (Å²) in [4.78, 5) is 37.6. The maximum Gasteiger partial charge on any atom is 0.303 e. The van der Waals surface area contributed by atoms with Gasteiger partial charge < -0.3 is 110 Å². The molecule has 3 saturated carbocycles. The zero-order chi connectivity index (χ0) is 69.4. The van der Waals surface area contributed by atoms with Gasteiger partial charge in [-0.05, 0) is 136 Å². The number of fused-ring (bicyclic) bond motifs is 6. The van der Waals surface area contributed by atoms with E-state index in [0.717, 1.165) is 44.9 Å². The summed E-state index contributed by atoms with van der Waals surface area (Å²) in [5.74, 6) is -0.760. The van der Waals surface area contributed by atoms with Crippen molar-refractivity contribution in [2.45, 2.75) is 343 Å². The second kappa shape index (κ2) is 29.9. The van der Waals surface area contributed by atoms with Crippen molar-refractivity contribution in [3.8, 4) is 0 Å². The lowest BCUT2D eigenvalue weighted by molar-refractivity contribution is -0.472. The van der Waals surface area contributed by atoms with Gasteiger partial charge in [-0.25, -0.2) is 4.89 Å². The summed E-state index contributed by atoms with van der Waals surface area (Å²) in [5, 5.41) is 47.0. The molecule has 35 atom stereocenters. The molecule has 8 heterocycles. The van der Waals surface area contributed by atoms with Crippen LogP contribution in [0, 0.1) is 28.6 Å². The minimum Gasteiger partial charge on any atom is -0.493 e. The SMILES string of the molecule is COC1=C[C@@H](C)OC(O[C@H]2CC[C@@]3(C)C(=CC[C@@H]4[C@@H]3CC[C@@]3(C)[C@H]4CC[C@]3(O)[C@H](C)O[C@H]3C[C@H]4OC[C@]5(C[C@@H](OC)[C@H](O[C@H]6C[C@H](O)[C@H](O[C@H]7C[C@@H](O)[C@H](O[C@H]8C[C@H](OC)[C@H](O[C@@H]9O[C@H](C)[C@H](O)[C@H](OC)[C@H]9OC(C)=O)[C@@H](C)O8)[C@@H](C)O7)[C@@H](C)O6)[C@@H](C)O5)OO[C@@H]4[C@@H](C)O3)C2)C1=O. The van der Waals surface area contributed by atoms with Gasteiger partial charge in [0, 0.05) is 65.8 Å². The van der Waals surface area contributed by atoms with Crippen molar-refractivity contribution in [2.75, 3.05) is 35.0 Å². The van der Waals surface area contributed by atoms with Gasteiger partial charge in [0.1, 0.15) is 49.3 Å². The van der Waals surface area contributed by atoms with Gasteiger partial charge in [-0.1, -0.05) is 25.5 Å². The summed E-state index contributed by atoms with van der Waals surface area (Å²) in [5.41, 5.74) is -0.0477. The van der Waals surface area contributed by atoms with E-state index in [1.165, 1.54) is 33.8 Å². The van der Waals surface area contributed by atoms with Crippen molar-refractivity contribution >= 4 is 11.8 Å². The molecule has 0 aromatic rings. The van der Waals surface area contributed by atoms with Gasteiger partial charge >= 0.3 is 5.97 Å². The van der Waals surface area contributed by atoms with Crippen LogP contribution in [0.1, 0.15) is 160 Å². The van der Waals surface area contributed by atoms with Crippen molar-refractivity contribution in [1.82, 2.24) is 0 Å². The first kappa shape index (κ1) is 74.2. The summed E-state index contributed by atoms with van der Waals surface area (Å²) in [6.07, 6.45) is -8.90. The van der Waals surface area contributed by atoms with Gasteiger partial charge in [0.15, 0.2) is 43.3 Å². The highest BCUT2D eigenvalue weighted by atomic mass is 17.2. The van der Waals surface area contributed by atoms with E-state index in [-0.39, 0.29) is 66.9 Å². The number of ether oxygens (including phenoxy) is 19. The molecule has 4 N–H and O–H groups in total. The zero-order valence-electron chi connectivity index (χ0n) is 59.1. The molecule has 8 aliphatic heterocycles. The molecule has 97 heavy (non-hydrogen) atoms. The van der Waals surface area contributed by atoms with Crippen LogP contribution in [0.2, 0.25) is 0 Å². The van der Waals surface area contributed by atoms with E-state index >= 15 is 0 Å². The summed E-state index contributed by atoms with van der Waals surface area (Å²) >= 11 is 0. The standard InChI is InChI=1S/C70H110O27/c1-32-24-48(77-12)57(75)65(82-32)90-42-18-21-67(10)41(25-42)16-17-43-44(67)19-22-68(11)45(43)20-23-70(68,76)39(8)88-54-29-50-62(37(6)86-54)96-97-69(31-81-50)30-51(79-14)61(38(7)95-69)93-53-27-47(73)58(34(3)84-53)91-52-26-46(72)59(35(4)83-52)92-55-28-49(78-13)60(36(5)85-55)94-66-64(89-40(9)71)63(80-15)56(74)33(2)87-66/h16,24,32-39,42-47,49-56,58-66,72-74,76H,17-23,25-31H2,1-15H3/t32-,33-,34-,35-,36-,37-,38-,39+,42+,43-,44+,45+,46-,47+,49+,50-,51-,52+,53+,54+,55+,56+,58-,59-,60-,61-,62-,63+,64-,65?,66+,67+,68+,69+,70+/m1/s1. The van der Waals surface area contributed by atoms with Crippen molar-refractivity contribution in [2.24, 2.45) is 28.6 Å². The lowest BCUT2D eigenvalue weighted by Gasteiger charge is -2.59. The average molecular weight is 1380 g/mol. The van der Waals surface area contributed by atoms with Crippen LogP contribution in [-0.4, -0.2) is 251 Å². The minimum absolute atomic E-state index is 0.00706. The van der Waals surface area contributed by atoms with E-state index in [2.05, 4.69) is 19.9 Å². The van der Waals surface area contributed by atoms with Gasteiger partial charge in [0.05, 0.1) is 98.2 Å². The molecule has 1 spiro atoms. The van der Waals surface area contributed by atoms with Gasteiger partial charge in [0.25, 0.3) is 5.78 Å². The topological polar surface area (TPSA) is 309 Å². The summed E-state index contributed by atoms with van der Waals surface area (Å²) in [6.45, 7) is 20.6. The van der Waals surface area contributed by atoms with E-state index in [1.807, 2.05) is 27.7 Å². The number of allylic oxidation sites excluding steroid dienone is 1. The quantitative estimate of drug-likeness (QED) is 0.0756. The molecular weight excluding hydrogens is 1270 g/mol. The summed E-state index contributed by atoms with van der Waals surface area (Å²) in [6, 6.07) is 0. The van der Waals surface area contributed by atoms with Gasteiger partial charge in [-0.2, -0.15) is 4.89 Å². The number of aliphatic hydroxyl groups is 4. The zero-order valence-corrected chi connectivity index (χ0v) is 59.1. The third-order valence-electron chi connectivity index (χ3n) is 24.3. The molecule has 0 bridgehead atoms. The number of rotatable bonds is 18. The summed E-state index contributed by atoms with van der Waals surface area (Å²) < 4.78 is 118. The monoisotopic (exact) mass is 1380 g/mol. The Hall–Kier alpha value is -2.50. The first-order valence-electron chi connectivity index (χ1n) is 35.6. The Morgan fingerprint density at radius 1 is 0.649 bits per heavy atom. The maximum absolute atomic E-state index is 13.1. The Labute approximate surface area is 569 Å². The number of aliphatic hydroxyl groups excluding tert-OH is 3. The molecule has 552 valence electrons. The van der Waals surface area contributed by atoms with Crippen LogP contribution in [-0.2, 0) is 109 Å². The molecule has 10 fully saturated rings. The molecule has 27 heteroatoms. The number of carbonyl (C=O) groups excluding carboxylic acids is 2. The number of carbonyl (C=O) groups is 2. The smallest absolute Gasteiger partial charge is 0.303 e. The number of Topliss-reactive ketones (excluding diaryl/α,β-unsaturated/α-hetero) is 1.